The van der Waals surface area contributed by atoms with Crippen LogP contribution in [0.3, 0.4) is 0 Å². The molecule has 0 aliphatic carbocycles. The zero-order valence-electron chi connectivity index (χ0n) is 13.0. The number of para-hydroxylation sites is 1. The summed E-state index contributed by atoms with van der Waals surface area (Å²) in [5, 5.41) is 0.886. The van der Waals surface area contributed by atoms with Gasteiger partial charge in [0.05, 0.1) is 25.9 Å². The monoisotopic (exact) mass is 309 g/mol. The summed E-state index contributed by atoms with van der Waals surface area (Å²) in [7, 11) is 1.40. The van der Waals surface area contributed by atoms with Gasteiger partial charge in [0, 0.05) is 23.0 Å². The molecule has 1 heterocycles. The Labute approximate surface area is 135 Å². The Kier molecular flexibility index (Phi) is 4.74. The number of aromatic amines is 1. The maximum absolute atomic E-state index is 12.1. The largest absolute Gasteiger partial charge is 0.465 e. The van der Waals surface area contributed by atoms with E-state index in [-0.39, 0.29) is 5.97 Å². The molecule has 2 aromatic carbocycles. The number of esters is 1. The van der Waals surface area contributed by atoms with Gasteiger partial charge < -0.3 is 14.5 Å². The van der Waals surface area contributed by atoms with Crippen LogP contribution in [0.15, 0.2) is 54.6 Å². The third-order valence-electron chi connectivity index (χ3n) is 3.78. The highest BCUT2D eigenvalue weighted by Crippen LogP contribution is 2.23. The molecule has 1 aromatic heterocycles. The molecule has 3 rings (SSSR count). The van der Waals surface area contributed by atoms with Crippen LogP contribution >= 0.6 is 0 Å². The van der Waals surface area contributed by atoms with E-state index in [1.54, 1.807) is 0 Å². The van der Waals surface area contributed by atoms with Gasteiger partial charge in [0.2, 0.25) is 0 Å². The van der Waals surface area contributed by atoms with Gasteiger partial charge in [-0.05, 0) is 11.6 Å². The number of nitrogens with one attached hydrogen (secondary N) is 1. The van der Waals surface area contributed by atoms with Crippen LogP contribution in [0.25, 0.3) is 10.9 Å². The zero-order chi connectivity index (χ0) is 16.1. The minimum absolute atomic E-state index is 0.319. The molecule has 0 unspecified atom stereocenters. The number of carbonyl (C=O) groups is 1. The van der Waals surface area contributed by atoms with Crippen LogP contribution in [0.5, 0.6) is 0 Å². The average Bonchev–Trinajstić information content (AvgIpc) is 2.97. The summed E-state index contributed by atoms with van der Waals surface area (Å²) in [6, 6.07) is 17.8. The summed E-state index contributed by atoms with van der Waals surface area (Å²) in [5.74, 6) is -0.319. The molecule has 0 saturated heterocycles. The third-order valence-corrected chi connectivity index (χ3v) is 3.78. The van der Waals surface area contributed by atoms with Gasteiger partial charge in [-0.3, -0.25) is 0 Å². The van der Waals surface area contributed by atoms with Crippen LogP contribution in [-0.2, 0) is 22.5 Å². The first kappa shape index (κ1) is 15.3. The molecule has 0 aliphatic heterocycles. The Balaban J connectivity index is 1.71. The van der Waals surface area contributed by atoms with Gasteiger partial charge in [-0.2, -0.15) is 0 Å². The number of hydrogen-bond donors (Lipinski definition) is 1. The molecule has 0 fully saturated rings. The summed E-state index contributed by atoms with van der Waals surface area (Å²) in [6.45, 7) is 1.10. The fourth-order valence-corrected chi connectivity index (χ4v) is 2.66. The zero-order valence-corrected chi connectivity index (χ0v) is 13.0. The maximum atomic E-state index is 12.1. The Bertz CT molecular complexity index is 793. The Morgan fingerprint density at radius 3 is 2.57 bits per heavy atom. The number of rotatable bonds is 6. The van der Waals surface area contributed by atoms with E-state index in [2.05, 4.69) is 4.98 Å². The van der Waals surface area contributed by atoms with E-state index in [0.29, 0.717) is 25.2 Å². The molecule has 0 aliphatic rings. The highest BCUT2D eigenvalue weighted by molar-refractivity contribution is 6.05. The molecular weight excluding hydrogens is 290 g/mol. The number of methoxy groups -OCH3 is 1. The lowest BCUT2D eigenvalue weighted by Crippen LogP contribution is -2.07. The summed E-state index contributed by atoms with van der Waals surface area (Å²) in [5.41, 5.74) is 3.53. The van der Waals surface area contributed by atoms with Crippen molar-refractivity contribution in [1.29, 1.82) is 0 Å². The number of aromatic nitrogens is 1. The number of H-pyrrole nitrogens is 1. The van der Waals surface area contributed by atoms with Gasteiger partial charge in [-0.15, -0.1) is 0 Å². The van der Waals surface area contributed by atoms with Crippen molar-refractivity contribution >= 4 is 16.9 Å². The second-order valence-electron chi connectivity index (χ2n) is 5.30. The number of carbonyl (C=O) groups excluding carboxylic acids is 1. The van der Waals surface area contributed by atoms with E-state index in [4.69, 9.17) is 9.47 Å². The lowest BCUT2D eigenvalue weighted by atomic mass is 10.1. The van der Waals surface area contributed by atoms with Gasteiger partial charge in [-0.25, -0.2) is 4.79 Å². The molecule has 4 nitrogen and oxygen atoms in total. The second-order valence-corrected chi connectivity index (χ2v) is 5.30. The molecule has 0 amide bonds. The van der Waals surface area contributed by atoms with Crippen LogP contribution in [0.1, 0.15) is 21.6 Å². The molecular formula is C19H19NO3. The highest BCUT2D eigenvalue weighted by atomic mass is 16.5. The third kappa shape index (κ3) is 3.43. The number of fused-ring (bicyclic) bond motifs is 1. The van der Waals surface area contributed by atoms with E-state index in [0.717, 1.165) is 22.2 Å². The maximum Gasteiger partial charge on any atom is 0.340 e. The smallest absolute Gasteiger partial charge is 0.340 e. The van der Waals surface area contributed by atoms with Gasteiger partial charge >= 0.3 is 5.97 Å². The molecule has 0 saturated carbocycles. The van der Waals surface area contributed by atoms with Crippen LogP contribution < -0.4 is 0 Å². The van der Waals surface area contributed by atoms with Crippen molar-refractivity contribution in [2.45, 2.75) is 13.0 Å². The summed E-state index contributed by atoms with van der Waals surface area (Å²) in [6.07, 6.45) is 0.631. The van der Waals surface area contributed by atoms with Crippen LogP contribution in [-0.4, -0.2) is 24.7 Å². The van der Waals surface area contributed by atoms with Crippen LogP contribution in [0.2, 0.25) is 0 Å². The molecule has 118 valence electrons. The van der Waals surface area contributed by atoms with E-state index >= 15 is 0 Å². The molecule has 3 aromatic rings. The van der Waals surface area contributed by atoms with Crippen molar-refractivity contribution in [3.63, 3.8) is 0 Å². The minimum Gasteiger partial charge on any atom is -0.465 e. The van der Waals surface area contributed by atoms with Crippen molar-refractivity contribution in [2.24, 2.45) is 0 Å². The van der Waals surface area contributed by atoms with Gasteiger partial charge in [0.25, 0.3) is 0 Å². The van der Waals surface area contributed by atoms with E-state index in [1.165, 1.54) is 7.11 Å². The van der Waals surface area contributed by atoms with Crippen molar-refractivity contribution in [3.05, 3.63) is 71.4 Å². The quantitative estimate of drug-likeness (QED) is 0.558. The topological polar surface area (TPSA) is 51.3 Å². The van der Waals surface area contributed by atoms with Gasteiger partial charge in [0.1, 0.15) is 0 Å². The molecule has 0 atom stereocenters. The first-order valence-electron chi connectivity index (χ1n) is 7.59. The number of ether oxygens (including phenoxy) is 2. The predicted molar refractivity (Wildman–Crippen MR) is 89.4 cm³/mol. The Hall–Kier alpha value is -2.59. The highest BCUT2D eigenvalue weighted by Gasteiger charge is 2.18. The van der Waals surface area contributed by atoms with Crippen molar-refractivity contribution in [3.8, 4) is 0 Å². The summed E-state index contributed by atoms with van der Waals surface area (Å²) in [4.78, 5) is 15.4. The van der Waals surface area contributed by atoms with Crippen molar-refractivity contribution in [1.82, 2.24) is 4.98 Å². The fourth-order valence-electron chi connectivity index (χ4n) is 2.66. The minimum atomic E-state index is -0.319. The molecule has 4 heteroatoms. The van der Waals surface area contributed by atoms with E-state index in [1.807, 2.05) is 54.6 Å². The second kappa shape index (κ2) is 7.11. The molecule has 0 radical (unpaired) electrons. The van der Waals surface area contributed by atoms with Gasteiger partial charge in [0.15, 0.2) is 0 Å². The fraction of sp³-hybridized carbons (Fsp3) is 0.211. The first-order valence-corrected chi connectivity index (χ1v) is 7.59. The molecule has 0 spiro atoms. The molecule has 1 N–H and O–H groups in total. The number of hydrogen-bond acceptors (Lipinski definition) is 3. The normalized spacial score (nSPS) is 10.8. The number of benzene rings is 2. The van der Waals surface area contributed by atoms with Crippen LogP contribution in [0.4, 0.5) is 0 Å². The van der Waals surface area contributed by atoms with Gasteiger partial charge in [-0.1, -0.05) is 48.5 Å². The summed E-state index contributed by atoms with van der Waals surface area (Å²) < 4.78 is 10.6. The Morgan fingerprint density at radius 2 is 1.78 bits per heavy atom. The van der Waals surface area contributed by atoms with E-state index in [9.17, 15) is 4.79 Å². The van der Waals surface area contributed by atoms with Crippen molar-refractivity contribution in [2.75, 3.05) is 13.7 Å². The lowest BCUT2D eigenvalue weighted by Gasteiger charge is -2.05. The van der Waals surface area contributed by atoms with E-state index < -0.39 is 0 Å². The molecule has 0 bridgehead atoms. The first-order chi connectivity index (χ1) is 11.3. The Morgan fingerprint density at radius 1 is 1.04 bits per heavy atom. The average molecular weight is 309 g/mol. The predicted octanol–water partition coefficient (Wildman–Crippen LogP) is 3.71. The molecule has 23 heavy (non-hydrogen) atoms. The lowest BCUT2D eigenvalue weighted by molar-refractivity contribution is 0.0600. The van der Waals surface area contributed by atoms with Crippen molar-refractivity contribution < 1.29 is 14.3 Å². The van der Waals surface area contributed by atoms with Crippen LogP contribution in [0, 0.1) is 0 Å². The SMILES string of the molecule is COC(=O)c1c(CCOCc2ccccc2)[nH]c2ccccc12. The standard InChI is InChI=1S/C19H19NO3/c1-22-19(21)18-15-9-5-6-10-16(15)20-17(18)11-12-23-13-14-7-3-2-4-8-14/h2-10,20H,11-13H2,1H3. The summed E-state index contributed by atoms with van der Waals surface area (Å²) >= 11 is 0.